The molecule has 2 nitrogen and oxygen atoms in total. The Morgan fingerprint density at radius 1 is 0.733 bits per heavy atom. The summed E-state index contributed by atoms with van der Waals surface area (Å²) >= 11 is 0. The highest BCUT2D eigenvalue weighted by atomic mass is 16.6. The van der Waals surface area contributed by atoms with Gasteiger partial charge in [-0.1, -0.05) is 0 Å². The number of fused-ring (bicyclic) bond motifs is 12. The summed E-state index contributed by atoms with van der Waals surface area (Å²) in [5.41, 5.74) is 0. The molecule has 0 radical (unpaired) electrons. The van der Waals surface area contributed by atoms with Crippen LogP contribution in [0.4, 0.5) is 0 Å². The predicted octanol–water partition coefficient (Wildman–Crippen LogP) is 1.30. The molecule has 0 N–H and O–H groups in total. The highest BCUT2D eigenvalue weighted by Gasteiger charge is 2.82. The molecular weight excluding hydrogens is 188 g/mol. The van der Waals surface area contributed by atoms with E-state index >= 15 is 0 Å². The molecule has 11 unspecified atom stereocenters. The molecule has 0 aromatic heterocycles. The highest BCUT2D eigenvalue weighted by molar-refractivity contribution is 5.29. The fourth-order valence-electron chi connectivity index (χ4n) is 6.34. The second kappa shape index (κ2) is 1.80. The van der Waals surface area contributed by atoms with E-state index in [4.69, 9.17) is 9.47 Å². The van der Waals surface area contributed by atoms with E-state index in [1.807, 2.05) is 0 Å². The summed E-state index contributed by atoms with van der Waals surface area (Å²) in [6.45, 7) is 2.27. The van der Waals surface area contributed by atoms with Crippen LogP contribution in [0, 0.1) is 41.4 Å². The van der Waals surface area contributed by atoms with Gasteiger partial charge in [0.05, 0.1) is 24.4 Å². The first kappa shape index (κ1) is 7.29. The number of epoxide rings is 1. The first-order valence-electron chi connectivity index (χ1n) is 6.67. The molecule has 0 amide bonds. The number of ether oxygens (including phenoxy) is 2. The molecule has 11 atom stereocenters. The van der Waals surface area contributed by atoms with Gasteiger partial charge in [0.15, 0.2) is 0 Å². The molecule has 0 spiro atoms. The molecule has 0 aromatic rings. The van der Waals surface area contributed by atoms with E-state index in [-0.39, 0.29) is 0 Å². The van der Waals surface area contributed by atoms with Crippen LogP contribution in [0.2, 0.25) is 0 Å². The van der Waals surface area contributed by atoms with E-state index < -0.39 is 0 Å². The van der Waals surface area contributed by atoms with Gasteiger partial charge in [0, 0.05) is 5.92 Å². The standard InChI is InChI=1S/C13H16O2/c1-3-6-4-2-5-7(8(4)11(6)14-3)10-9(5)12-13(10)15-12/h3-13H,2H2,1H3. The third-order valence-electron chi connectivity index (χ3n) is 6.85. The van der Waals surface area contributed by atoms with Gasteiger partial charge in [-0.3, -0.25) is 0 Å². The van der Waals surface area contributed by atoms with E-state index in [0.29, 0.717) is 18.3 Å². The molecule has 6 rings (SSSR count). The lowest BCUT2D eigenvalue weighted by molar-refractivity contribution is -0.303. The van der Waals surface area contributed by atoms with Crippen LogP contribution >= 0.6 is 0 Å². The lowest BCUT2D eigenvalue weighted by atomic mass is 9.44. The van der Waals surface area contributed by atoms with E-state index in [2.05, 4.69) is 6.92 Å². The van der Waals surface area contributed by atoms with Crippen LogP contribution in [-0.4, -0.2) is 24.4 Å². The number of hydrogen-bond donors (Lipinski definition) is 0. The van der Waals surface area contributed by atoms with Gasteiger partial charge in [-0.15, -0.1) is 0 Å². The molecule has 2 heteroatoms. The zero-order chi connectivity index (χ0) is 9.47. The molecule has 80 valence electrons. The monoisotopic (exact) mass is 204 g/mol. The zero-order valence-corrected chi connectivity index (χ0v) is 8.87. The van der Waals surface area contributed by atoms with Crippen molar-refractivity contribution in [2.45, 2.75) is 37.8 Å². The zero-order valence-electron chi connectivity index (χ0n) is 8.87. The van der Waals surface area contributed by atoms with E-state index in [0.717, 1.165) is 47.5 Å². The van der Waals surface area contributed by atoms with Crippen molar-refractivity contribution in [1.82, 2.24) is 0 Å². The molecule has 15 heavy (non-hydrogen) atoms. The summed E-state index contributed by atoms with van der Waals surface area (Å²) in [5, 5.41) is 0. The normalized spacial score (nSPS) is 84.2. The summed E-state index contributed by atoms with van der Waals surface area (Å²) < 4.78 is 11.6. The summed E-state index contributed by atoms with van der Waals surface area (Å²) in [4.78, 5) is 0. The van der Waals surface area contributed by atoms with Gasteiger partial charge >= 0.3 is 0 Å². The van der Waals surface area contributed by atoms with Crippen LogP contribution in [-0.2, 0) is 9.47 Å². The third-order valence-corrected chi connectivity index (χ3v) is 6.85. The SMILES string of the molecule is CC1OC2C1C1CC3C4C5OC5C4C3C12. The molecule has 2 aliphatic heterocycles. The maximum absolute atomic E-state index is 5.92. The Morgan fingerprint density at radius 2 is 1.47 bits per heavy atom. The van der Waals surface area contributed by atoms with Gasteiger partial charge in [-0.2, -0.15) is 0 Å². The van der Waals surface area contributed by atoms with Crippen LogP contribution in [0.15, 0.2) is 0 Å². The quantitative estimate of drug-likeness (QED) is 0.555. The van der Waals surface area contributed by atoms with E-state index in [1.54, 1.807) is 0 Å². The summed E-state index contributed by atoms with van der Waals surface area (Å²) in [6, 6.07) is 0. The van der Waals surface area contributed by atoms with Crippen molar-refractivity contribution < 1.29 is 9.47 Å². The Balaban J connectivity index is 1.38. The molecule has 6 aliphatic rings. The molecular formula is C13H16O2. The first-order chi connectivity index (χ1) is 7.36. The van der Waals surface area contributed by atoms with Gasteiger partial charge in [0.2, 0.25) is 0 Å². The molecule has 2 saturated heterocycles. The Bertz CT molecular complexity index is 377. The smallest absolute Gasteiger partial charge is 0.0879 e. The molecule has 4 saturated carbocycles. The molecule has 4 aliphatic carbocycles. The largest absolute Gasteiger partial charge is 0.374 e. The Kier molecular flexibility index (Phi) is 0.875. The lowest BCUT2D eigenvalue weighted by Gasteiger charge is -2.64. The van der Waals surface area contributed by atoms with E-state index in [1.165, 1.54) is 6.42 Å². The van der Waals surface area contributed by atoms with Crippen LogP contribution in [0.25, 0.3) is 0 Å². The van der Waals surface area contributed by atoms with Crippen molar-refractivity contribution >= 4 is 0 Å². The van der Waals surface area contributed by atoms with Crippen molar-refractivity contribution in [3.05, 3.63) is 0 Å². The minimum absolute atomic E-state index is 0.581. The van der Waals surface area contributed by atoms with Gasteiger partial charge < -0.3 is 9.47 Å². The van der Waals surface area contributed by atoms with Crippen molar-refractivity contribution in [3.63, 3.8) is 0 Å². The van der Waals surface area contributed by atoms with Crippen LogP contribution in [0.5, 0.6) is 0 Å². The predicted molar refractivity (Wildman–Crippen MR) is 52.0 cm³/mol. The second-order valence-corrected chi connectivity index (χ2v) is 6.82. The number of hydrogen-bond acceptors (Lipinski definition) is 2. The molecule has 6 fully saturated rings. The Labute approximate surface area is 89.3 Å². The summed E-state index contributed by atoms with van der Waals surface area (Å²) in [7, 11) is 0. The van der Waals surface area contributed by atoms with Crippen LogP contribution < -0.4 is 0 Å². The lowest BCUT2D eigenvalue weighted by Crippen LogP contribution is -2.69. The Hall–Kier alpha value is -0.0800. The highest BCUT2D eigenvalue weighted by Crippen LogP contribution is 2.79. The Morgan fingerprint density at radius 3 is 2.33 bits per heavy atom. The first-order valence-corrected chi connectivity index (χ1v) is 6.67. The van der Waals surface area contributed by atoms with Crippen molar-refractivity contribution in [2.24, 2.45) is 41.4 Å². The van der Waals surface area contributed by atoms with Crippen LogP contribution in [0.3, 0.4) is 0 Å². The summed E-state index contributed by atoms with van der Waals surface area (Å²) in [5.74, 6) is 7.03. The number of rotatable bonds is 0. The topological polar surface area (TPSA) is 21.8 Å². The van der Waals surface area contributed by atoms with Crippen molar-refractivity contribution in [3.8, 4) is 0 Å². The molecule has 0 bridgehead atoms. The second-order valence-electron chi connectivity index (χ2n) is 6.82. The van der Waals surface area contributed by atoms with Gasteiger partial charge in [-0.05, 0) is 48.9 Å². The van der Waals surface area contributed by atoms with Crippen molar-refractivity contribution in [2.75, 3.05) is 0 Å². The minimum atomic E-state index is 0.581. The summed E-state index contributed by atoms with van der Waals surface area (Å²) in [6.07, 6.45) is 4.23. The van der Waals surface area contributed by atoms with E-state index in [9.17, 15) is 0 Å². The maximum Gasteiger partial charge on any atom is 0.0879 e. The van der Waals surface area contributed by atoms with Gasteiger partial charge in [-0.25, -0.2) is 0 Å². The third kappa shape index (κ3) is 0.516. The fourth-order valence-corrected chi connectivity index (χ4v) is 6.34. The minimum Gasteiger partial charge on any atom is -0.374 e. The average Bonchev–Trinajstić information content (AvgIpc) is 2.75. The van der Waals surface area contributed by atoms with Gasteiger partial charge in [0.25, 0.3) is 0 Å². The molecule has 0 aromatic carbocycles. The maximum atomic E-state index is 5.92. The van der Waals surface area contributed by atoms with Crippen molar-refractivity contribution in [1.29, 1.82) is 0 Å². The average molecular weight is 204 g/mol. The molecule has 2 heterocycles. The fraction of sp³-hybridized carbons (Fsp3) is 1.00. The van der Waals surface area contributed by atoms with Gasteiger partial charge in [0.1, 0.15) is 0 Å². The van der Waals surface area contributed by atoms with Crippen LogP contribution in [0.1, 0.15) is 13.3 Å².